The first kappa shape index (κ1) is 21.6. The molecule has 172 valence electrons. The van der Waals surface area contributed by atoms with Gasteiger partial charge in [-0.15, -0.1) is 5.10 Å². The third-order valence-corrected chi connectivity index (χ3v) is 6.82. The summed E-state index contributed by atoms with van der Waals surface area (Å²) in [6.45, 7) is 4.29. The molecular weight excluding hydrogens is 416 g/mol. The molecule has 2 saturated heterocycles. The van der Waals surface area contributed by atoms with Crippen molar-refractivity contribution in [2.75, 3.05) is 24.5 Å². The van der Waals surface area contributed by atoms with Gasteiger partial charge in [0.15, 0.2) is 0 Å². The van der Waals surface area contributed by atoms with E-state index >= 15 is 0 Å². The molecular formula is C25H30N6O2. The highest BCUT2D eigenvalue weighted by molar-refractivity contribution is 5.79. The van der Waals surface area contributed by atoms with E-state index in [1.807, 2.05) is 35.1 Å². The Morgan fingerprint density at radius 3 is 2.67 bits per heavy atom. The maximum Gasteiger partial charge on any atom is 0.326 e. The lowest BCUT2D eigenvalue weighted by Crippen LogP contribution is -2.36. The molecule has 0 unspecified atom stereocenters. The van der Waals surface area contributed by atoms with Crippen LogP contribution in [0.4, 0.5) is 5.69 Å². The van der Waals surface area contributed by atoms with E-state index in [-0.39, 0.29) is 0 Å². The van der Waals surface area contributed by atoms with Gasteiger partial charge >= 0.3 is 5.97 Å². The van der Waals surface area contributed by atoms with E-state index in [4.69, 9.17) is 0 Å². The Morgan fingerprint density at radius 2 is 1.88 bits per heavy atom. The van der Waals surface area contributed by atoms with Gasteiger partial charge in [0.25, 0.3) is 0 Å². The third kappa shape index (κ3) is 5.06. The fourth-order valence-corrected chi connectivity index (χ4v) is 5.09. The first-order valence-corrected chi connectivity index (χ1v) is 11.8. The summed E-state index contributed by atoms with van der Waals surface area (Å²) in [6, 6.07) is 14.0. The minimum absolute atomic E-state index is 0.395. The fraction of sp³-hybridized carbons (Fsp3) is 0.440. The van der Waals surface area contributed by atoms with Crippen molar-refractivity contribution in [1.82, 2.24) is 24.9 Å². The predicted octanol–water partition coefficient (Wildman–Crippen LogP) is 3.15. The van der Waals surface area contributed by atoms with Gasteiger partial charge in [-0.2, -0.15) is 0 Å². The summed E-state index contributed by atoms with van der Waals surface area (Å²) in [7, 11) is 0. The van der Waals surface area contributed by atoms with Crippen molar-refractivity contribution in [1.29, 1.82) is 0 Å². The molecule has 4 heterocycles. The molecule has 1 N–H and O–H groups in total. The third-order valence-electron chi connectivity index (χ3n) is 6.82. The van der Waals surface area contributed by atoms with Crippen molar-refractivity contribution in [2.24, 2.45) is 0 Å². The van der Waals surface area contributed by atoms with E-state index in [1.165, 1.54) is 5.56 Å². The van der Waals surface area contributed by atoms with Crippen LogP contribution in [0.3, 0.4) is 0 Å². The average Bonchev–Trinajstić information content (AvgIpc) is 3.50. The normalized spacial score (nSPS) is 19.8. The summed E-state index contributed by atoms with van der Waals surface area (Å²) < 4.78 is 1.85. The van der Waals surface area contributed by atoms with Crippen LogP contribution in [0.2, 0.25) is 0 Å². The molecule has 2 fully saturated rings. The van der Waals surface area contributed by atoms with Crippen molar-refractivity contribution >= 4 is 11.7 Å². The summed E-state index contributed by atoms with van der Waals surface area (Å²) in [5.41, 5.74) is 4.33. The Labute approximate surface area is 193 Å². The standard InChI is InChI=1S/C25H30N6O2/c32-25(33)24-8-4-12-31(24)23-7-3-5-20(15-23)19-9-13-29(14-10-19)16-22-18-30(28-27-22)17-21-6-1-2-11-26-21/h1-3,5-7,11,15,18-19,24H,4,8-10,12-14,16-17H2,(H,32,33)/t24-/m0/s1. The monoisotopic (exact) mass is 446 g/mol. The number of benzene rings is 1. The zero-order valence-corrected chi connectivity index (χ0v) is 18.8. The lowest BCUT2D eigenvalue weighted by Gasteiger charge is -2.32. The molecule has 2 aliphatic heterocycles. The quantitative estimate of drug-likeness (QED) is 0.596. The maximum absolute atomic E-state index is 11.6. The minimum atomic E-state index is -0.719. The molecule has 3 aromatic rings. The van der Waals surface area contributed by atoms with Gasteiger partial charge in [-0.1, -0.05) is 23.4 Å². The number of likely N-dealkylation sites (tertiary alicyclic amines) is 1. The highest BCUT2D eigenvalue weighted by Crippen LogP contribution is 2.33. The Kier molecular flexibility index (Phi) is 6.35. The molecule has 1 atom stereocenters. The molecule has 8 nitrogen and oxygen atoms in total. The lowest BCUT2D eigenvalue weighted by molar-refractivity contribution is -0.138. The van der Waals surface area contributed by atoms with Crippen molar-refractivity contribution in [3.05, 3.63) is 71.8 Å². The van der Waals surface area contributed by atoms with Crippen molar-refractivity contribution in [3.8, 4) is 0 Å². The SMILES string of the molecule is O=C(O)[C@@H]1CCCN1c1cccc(C2CCN(Cc3cn(Cc4ccccn4)nn3)CC2)c1. The molecule has 0 aliphatic carbocycles. The number of aromatic nitrogens is 4. The molecule has 0 bridgehead atoms. The van der Waals surface area contributed by atoms with E-state index in [1.54, 1.807) is 6.20 Å². The summed E-state index contributed by atoms with van der Waals surface area (Å²) in [5.74, 6) is -0.213. The minimum Gasteiger partial charge on any atom is -0.480 e. The van der Waals surface area contributed by atoms with E-state index in [2.05, 4.69) is 43.3 Å². The highest BCUT2D eigenvalue weighted by atomic mass is 16.4. The number of anilines is 1. The van der Waals surface area contributed by atoms with Gasteiger partial charge in [0, 0.05) is 25.0 Å². The van der Waals surface area contributed by atoms with Crippen LogP contribution in [0.1, 0.15) is 48.6 Å². The van der Waals surface area contributed by atoms with Crippen LogP contribution in [0, 0.1) is 0 Å². The summed E-state index contributed by atoms with van der Waals surface area (Å²) >= 11 is 0. The summed E-state index contributed by atoms with van der Waals surface area (Å²) in [4.78, 5) is 20.4. The number of carboxylic acids is 1. The second-order valence-corrected chi connectivity index (χ2v) is 9.06. The number of rotatable bonds is 7. The Bertz CT molecular complexity index is 1080. The number of carboxylic acid groups (broad SMARTS) is 1. The molecule has 5 rings (SSSR count). The second-order valence-electron chi connectivity index (χ2n) is 9.06. The molecule has 33 heavy (non-hydrogen) atoms. The number of aliphatic carboxylic acids is 1. The number of piperidine rings is 1. The van der Waals surface area contributed by atoms with Gasteiger partial charge in [0.05, 0.1) is 24.1 Å². The molecule has 0 spiro atoms. The van der Waals surface area contributed by atoms with Gasteiger partial charge in [0.2, 0.25) is 0 Å². The van der Waals surface area contributed by atoms with Crippen molar-refractivity contribution in [3.63, 3.8) is 0 Å². The van der Waals surface area contributed by atoms with E-state index in [9.17, 15) is 9.90 Å². The molecule has 0 amide bonds. The van der Waals surface area contributed by atoms with Crippen LogP contribution < -0.4 is 4.90 Å². The average molecular weight is 447 g/mol. The smallest absolute Gasteiger partial charge is 0.326 e. The molecule has 8 heteroatoms. The van der Waals surface area contributed by atoms with Crippen LogP contribution in [-0.2, 0) is 17.9 Å². The number of carbonyl (C=O) groups is 1. The van der Waals surface area contributed by atoms with Gasteiger partial charge < -0.3 is 10.0 Å². The lowest BCUT2D eigenvalue weighted by atomic mass is 9.89. The maximum atomic E-state index is 11.6. The molecule has 2 aliphatic rings. The van der Waals surface area contributed by atoms with Crippen LogP contribution in [-0.4, -0.2) is 61.6 Å². The van der Waals surface area contributed by atoms with Gasteiger partial charge in [-0.25, -0.2) is 9.48 Å². The predicted molar refractivity (Wildman–Crippen MR) is 125 cm³/mol. The Morgan fingerprint density at radius 1 is 1.00 bits per heavy atom. The second kappa shape index (κ2) is 9.70. The van der Waals surface area contributed by atoms with Gasteiger partial charge in [0.1, 0.15) is 6.04 Å². The topological polar surface area (TPSA) is 87.4 Å². The van der Waals surface area contributed by atoms with Gasteiger partial charge in [-0.3, -0.25) is 9.88 Å². The number of pyridine rings is 1. The first-order chi connectivity index (χ1) is 16.2. The summed E-state index contributed by atoms with van der Waals surface area (Å²) in [5, 5.41) is 18.1. The van der Waals surface area contributed by atoms with E-state index < -0.39 is 12.0 Å². The Hall–Kier alpha value is -3.26. The van der Waals surface area contributed by atoms with Crippen LogP contribution in [0.5, 0.6) is 0 Å². The van der Waals surface area contributed by atoms with Crippen molar-refractivity contribution < 1.29 is 9.90 Å². The van der Waals surface area contributed by atoms with E-state index in [0.717, 1.165) is 68.9 Å². The fourth-order valence-electron chi connectivity index (χ4n) is 5.09. The zero-order chi connectivity index (χ0) is 22.6. The van der Waals surface area contributed by atoms with E-state index in [0.29, 0.717) is 12.5 Å². The van der Waals surface area contributed by atoms with Crippen LogP contribution >= 0.6 is 0 Å². The number of hydrogen-bond acceptors (Lipinski definition) is 6. The van der Waals surface area contributed by atoms with Gasteiger partial charge in [-0.05, 0) is 74.5 Å². The van der Waals surface area contributed by atoms with Crippen LogP contribution in [0.25, 0.3) is 0 Å². The molecule has 2 aromatic heterocycles. The Balaban J connectivity index is 1.16. The molecule has 1 aromatic carbocycles. The highest BCUT2D eigenvalue weighted by Gasteiger charge is 2.31. The molecule has 0 radical (unpaired) electrons. The van der Waals surface area contributed by atoms with Crippen LogP contribution in [0.15, 0.2) is 54.9 Å². The van der Waals surface area contributed by atoms with Crippen molar-refractivity contribution in [2.45, 2.75) is 50.7 Å². The molecule has 0 saturated carbocycles. The number of nitrogens with zero attached hydrogens (tertiary/aromatic N) is 6. The zero-order valence-electron chi connectivity index (χ0n) is 18.8. The largest absolute Gasteiger partial charge is 0.480 e. The first-order valence-electron chi connectivity index (χ1n) is 11.8. The number of hydrogen-bond donors (Lipinski definition) is 1. The summed E-state index contributed by atoms with van der Waals surface area (Å²) in [6.07, 6.45) is 7.65.